The number of carbonyl (C=O) groups is 2. The van der Waals surface area contributed by atoms with Crippen LogP contribution in [0.25, 0.3) is 0 Å². The second-order valence-electron chi connectivity index (χ2n) is 6.54. The molecule has 0 bridgehead atoms. The van der Waals surface area contributed by atoms with E-state index < -0.39 is 20.5 Å². The summed E-state index contributed by atoms with van der Waals surface area (Å²) in [7, 11) is -4.67. The molecular weight excluding hydrogens is 420 g/mol. The summed E-state index contributed by atoms with van der Waals surface area (Å²) in [5.74, 6) is -4.06. The van der Waals surface area contributed by atoms with Crippen LogP contribution in [0, 0.1) is 0 Å². The molecule has 30 heavy (non-hydrogen) atoms. The molecule has 0 radical (unpaired) electrons. The lowest BCUT2D eigenvalue weighted by molar-refractivity contribution is -0.117. The minimum atomic E-state index is -4.67. The molecule has 0 atom stereocenters. The summed E-state index contributed by atoms with van der Waals surface area (Å²) in [5.41, 5.74) is 0.561. The van der Waals surface area contributed by atoms with Crippen LogP contribution in [0.4, 0.5) is 14.5 Å². The van der Waals surface area contributed by atoms with E-state index >= 15 is 0 Å². The number of alkyl halides is 2. The first-order valence-electron chi connectivity index (χ1n) is 8.97. The van der Waals surface area contributed by atoms with E-state index in [1.807, 2.05) is 4.90 Å². The van der Waals surface area contributed by atoms with Gasteiger partial charge in [-0.15, -0.1) is 0 Å². The van der Waals surface area contributed by atoms with Crippen molar-refractivity contribution in [2.75, 3.05) is 38.0 Å². The summed E-state index contributed by atoms with van der Waals surface area (Å²) in [6.45, 7) is 1.92. The SMILES string of the molecule is O=C(CN1CCN(C(=O)c2cnccn2)CC1)Nc1ccc(S(=O)(=O)C(F)F)cc1. The third-order valence-electron chi connectivity index (χ3n) is 4.51. The Kier molecular flexibility index (Phi) is 6.67. The van der Waals surface area contributed by atoms with Crippen molar-refractivity contribution in [3.63, 3.8) is 0 Å². The van der Waals surface area contributed by atoms with Crippen LogP contribution in [0.2, 0.25) is 0 Å². The summed E-state index contributed by atoms with van der Waals surface area (Å²) < 4.78 is 47.9. The summed E-state index contributed by atoms with van der Waals surface area (Å²) in [5, 5.41) is 2.60. The fraction of sp³-hybridized carbons (Fsp3) is 0.333. The highest BCUT2D eigenvalue weighted by Gasteiger charge is 2.27. The van der Waals surface area contributed by atoms with Gasteiger partial charge in [0.1, 0.15) is 5.69 Å². The third kappa shape index (κ3) is 5.13. The van der Waals surface area contributed by atoms with Crippen molar-refractivity contribution >= 4 is 27.3 Å². The largest absolute Gasteiger partial charge is 0.341 e. The highest BCUT2D eigenvalue weighted by molar-refractivity contribution is 7.91. The molecular formula is C18H19F2N5O4S. The molecule has 3 rings (SSSR count). The normalized spacial score (nSPS) is 15.2. The van der Waals surface area contributed by atoms with E-state index in [9.17, 15) is 26.8 Å². The molecule has 2 amide bonds. The molecule has 1 aliphatic heterocycles. The first-order valence-corrected chi connectivity index (χ1v) is 10.5. The van der Waals surface area contributed by atoms with Crippen molar-refractivity contribution in [3.05, 3.63) is 48.5 Å². The number of hydrogen-bond acceptors (Lipinski definition) is 7. The summed E-state index contributed by atoms with van der Waals surface area (Å²) in [4.78, 5) is 35.4. The Hall–Kier alpha value is -2.99. The van der Waals surface area contributed by atoms with Crippen molar-refractivity contribution in [1.29, 1.82) is 0 Å². The predicted molar refractivity (Wildman–Crippen MR) is 103 cm³/mol. The molecule has 160 valence electrons. The zero-order chi connectivity index (χ0) is 21.7. The van der Waals surface area contributed by atoms with Crippen LogP contribution < -0.4 is 5.32 Å². The number of benzene rings is 1. The van der Waals surface area contributed by atoms with Crippen LogP contribution in [0.3, 0.4) is 0 Å². The Morgan fingerprint density at radius 2 is 1.73 bits per heavy atom. The van der Waals surface area contributed by atoms with E-state index in [2.05, 4.69) is 15.3 Å². The van der Waals surface area contributed by atoms with Gasteiger partial charge in [-0.2, -0.15) is 8.78 Å². The number of hydrogen-bond donors (Lipinski definition) is 1. The Bertz CT molecular complexity index is 995. The van der Waals surface area contributed by atoms with Gasteiger partial charge < -0.3 is 10.2 Å². The maximum Gasteiger partial charge on any atom is 0.341 e. The molecule has 9 nitrogen and oxygen atoms in total. The zero-order valence-electron chi connectivity index (χ0n) is 15.7. The molecule has 2 aromatic rings. The fourth-order valence-electron chi connectivity index (χ4n) is 2.92. The number of aromatic nitrogens is 2. The van der Waals surface area contributed by atoms with E-state index in [4.69, 9.17) is 0 Å². The van der Waals surface area contributed by atoms with Gasteiger partial charge in [-0.1, -0.05) is 0 Å². The lowest BCUT2D eigenvalue weighted by Gasteiger charge is -2.34. The number of carbonyl (C=O) groups excluding carboxylic acids is 2. The van der Waals surface area contributed by atoms with E-state index in [0.29, 0.717) is 31.9 Å². The van der Waals surface area contributed by atoms with E-state index in [0.717, 1.165) is 12.1 Å². The summed E-state index contributed by atoms with van der Waals surface area (Å²) in [6, 6.07) is 4.55. The Labute approximate surface area is 171 Å². The Morgan fingerprint density at radius 1 is 1.07 bits per heavy atom. The number of piperazine rings is 1. The molecule has 12 heteroatoms. The molecule has 1 saturated heterocycles. The van der Waals surface area contributed by atoms with Crippen LogP contribution in [0.1, 0.15) is 10.5 Å². The minimum Gasteiger partial charge on any atom is -0.335 e. The van der Waals surface area contributed by atoms with Gasteiger partial charge in [0.25, 0.3) is 5.91 Å². The first kappa shape index (κ1) is 21.7. The molecule has 0 aliphatic carbocycles. The van der Waals surface area contributed by atoms with Gasteiger partial charge in [0.2, 0.25) is 15.7 Å². The van der Waals surface area contributed by atoms with Crippen molar-refractivity contribution in [2.24, 2.45) is 0 Å². The van der Waals surface area contributed by atoms with Gasteiger partial charge in [0.15, 0.2) is 0 Å². The number of halogens is 2. The van der Waals surface area contributed by atoms with Crippen molar-refractivity contribution in [2.45, 2.75) is 10.7 Å². The number of nitrogens with one attached hydrogen (secondary N) is 1. The van der Waals surface area contributed by atoms with Crippen LogP contribution in [0.5, 0.6) is 0 Å². The predicted octanol–water partition coefficient (Wildman–Crippen LogP) is 0.869. The first-order chi connectivity index (χ1) is 14.3. The maximum absolute atomic E-state index is 12.5. The number of amides is 2. The molecule has 1 aromatic heterocycles. The third-order valence-corrected chi connectivity index (χ3v) is 5.91. The average Bonchev–Trinajstić information content (AvgIpc) is 2.74. The smallest absolute Gasteiger partial charge is 0.335 e. The van der Waals surface area contributed by atoms with Crippen LogP contribution in [-0.4, -0.2) is 78.5 Å². The topological polar surface area (TPSA) is 113 Å². The van der Waals surface area contributed by atoms with Gasteiger partial charge in [0, 0.05) is 44.3 Å². The molecule has 0 spiro atoms. The molecule has 1 fully saturated rings. The second-order valence-corrected chi connectivity index (χ2v) is 8.45. The number of nitrogens with zero attached hydrogens (tertiary/aromatic N) is 4. The summed E-state index contributed by atoms with van der Waals surface area (Å²) in [6.07, 6.45) is 4.34. The molecule has 1 aromatic carbocycles. The van der Waals surface area contributed by atoms with Gasteiger partial charge in [-0.05, 0) is 24.3 Å². The number of anilines is 1. The lowest BCUT2D eigenvalue weighted by Crippen LogP contribution is -2.50. The maximum atomic E-state index is 12.5. The lowest BCUT2D eigenvalue weighted by atomic mass is 10.2. The fourth-order valence-corrected chi connectivity index (χ4v) is 3.64. The second kappa shape index (κ2) is 9.22. The van der Waals surface area contributed by atoms with Crippen molar-refractivity contribution < 1.29 is 26.8 Å². The summed E-state index contributed by atoms with van der Waals surface area (Å²) >= 11 is 0. The van der Waals surface area contributed by atoms with Gasteiger partial charge in [-0.3, -0.25) is 19.5 Å². The van der Waals surface area contributed by atoms with Gasteiger partial charge in [0.05, 0.1) is 17.6 Å². The Balaban J connectivity index is 1.49. The van der Waals surface area contributed by atoms with E-state index in [-0.39, 0.29) is 24.1 Å². The highest BCUT2D eigenvalue weighted by atomic mass is 32.2. The van der Waals surface area contributed by atoms with Crippen LogP contribution in [0.15, 0.2) is 47.8 Å². The standard InChI is InChI=1S/C18H19F2N5O4S/c19-18(20)30(28,29)14-3-1-13(2-4-14)23-16(26)12-24-7-9-25(10-8-24)17(27)15-11-21-5-6-22-15/h1-6,11,18H,7-10,12H2,(H,23,26). The molecule has 1 N–H and O–H groups in total. The van der Waals surface area contributed by atoms with Crippen molar-refractivity contribution in [1.82, 2.24) is 19.8 Å². The highest BCUT2D eigenvalue weighted by Crippen LogP contribution is 2.20. The quantitative estimate of drug-likeness (QED) is 0.711. The number of rotatable bonds is 6. The number of sulfone groups is 1. The molecule has 2 heterocycles. The molecule has 0 unspecified atom stereocenters. The van der Waals surface area contributed by atoms with Gasteiger partial charge in [-0.25, -0.2) is 13.4 Å². The minimum absolute atomic E-state index is 0.0737. The van der Waals surface area contributed by atoms with Gasteiger partial charge >= 0.3 is 5.76 Å². The zero-order valence-corrected chi connectivity index (χ0v) is 16.6. The molecule has 0 saturated carbocycles. The van der Waals surface area contributed by atoms with Crippen LogP contribution in [-0.2, 0) is 14.6 Å². The Morgan fingerprint density at radius 3 is 2.30 bits per heavy atom. The van der Waals surface area contributed by atoms with E-state index in [1.54, 1.807) is 4.90 Å². The van der Waals surface area contributed by atoms with Crippen LogP contribution >= 0.6 is 0 Å². The average molecular weight is 439 g/mol. The van der Waals surface area contributed by atoms with E-state index in [1.165, 1.54) is 30.7 Å². The molecule has 1 aliphatic rings. The van der Waals surface area contributed by atoms with Crippen molar-refractivity contribution in [3.8, 4) is 0 Å². The monoisotopic (exact) mass is 439 g/mol.